The van der Waals surface area contributed by atoms with Crippen LogP contribution in [0.3, 0.4) is 0 Å². The molecular weight excluding hydrogens is 312 g/mol. The number of nitro groups is 1. The molecule has 2 N–H and O–H groups in total. The normalized spacial score (nSPS) is 10.5. The Bertz CT molecular complexity index is 881. The predicted octanol–water partition coefficient (Wildman–Crippen LogP) is 2.12. The first kappa shape index (κ1) is 15.4. The van der Waals surface area contributed by atoms with Crippen molar-refractivity contribution in [3.05, 3.63) is 69.8 Å². The van der Waals surface area contributed by atoms with Gasteiger partial charge < -0.3 is 5.32 Å². The lowest BCUT2D eigenvalue weighted by Gasteiger charge is -2.02. The first-order valence-corrected chi connectivity index (χ1v) is 7.10. The van der Waals surface area contributed by atoms with Crippen molar-refractivity contribution in [3.63, 3.8) is 0 Å². The molecule has 0 spiro atoms. The van der Waals surface area contributed by atoms with Crippen molar-refractivity contribution in [3.8, 4) is 0 Å². The maximum Gasteiger partial charge on any atom is 0.319 e. The van der Waals surface area contributed by atoms with Gasteiger partial charge in [-0.1, -0.05) is 29.8 Å². The zero-order chi connectivity index (χ0) is 17.1. The van der Waals surface area contributed by atoms with Gasteiger partial charge in [0.15, 0.2) is 0 Å². The summed E-state index contributed by atoms with van der Waals surface area (Å²) in [7, 11) is 0. The number of aromatic amines is 1. The summed E-state index contributed by atoms with van der Waals surface area (Å²) in [5.74, 6) is -0.644. The highest BCUT2D eigenvalue weighted by Gasteiger charge is 2.23. The van der Waals surface area contributed by atoms with Crippen LogP contribution < -0.4 is 5.32 Å². The van der Waals surface area contributed by atoms with E-state index >= 15 is 0 Å². The molecule has 3 aromatic rings. The molecule has 3 rings (SSSR count). The highest BCUT2D eigenvalue weighted by atomic mass is 16.6. The van der Waals surface area contributed by atoms with E-state index in [0.717, 1.165) is 11.8 Å². The van der Waals surface area contributed by atoms with Crippen molar-refractivity contribution in [2.45, 2.75) is 13.5 Å². The number of benzene rings is 1. The average molecular weight is 326 g/mol. The summed E-state index contributed by atoms with van der Waals surface area (Å²) in [6.45, 7) is 2.57. The minimum Gasteiger partial charge on any atom is -0.318 e. The second-order valence-electron chi connectivity index (χ2n) is 5.25. The van der Waals surface area contributed by atoms with Crippen LogP contribution in [0.5, 0.6) is 0 Å². The third-order valence-corrected chi connectivity index (χ3v) is 3.40. The Hall–Kier alpha value is -3.49. The Morgan fingerprint density at radius 2 is 2.08 bits per heavy atom. The van der Waals surface area contributed by atoms with Gasteiger partial charge in [0, 0.05) is 6.20 Å². The van der Waals surface area contributed by atoms with E-state index < -0.39 is 10.8 Å². The topological polar surface area (TPSA) is 119 Å². The molecule has 0 atom stereocenters. The van der Waals surface area contributed by atoms with Gasteiger partial charge in [-0.05, 0) is 12.5 Å². The Morgan fingerprint density at radius 1 is 1.33 bits per heavy atom. The van der Waals surface area contributed by atoms with Crippen molar-refractivity contribution in [2.24, 2.45) is 0 Å². The van der Waals surface area contributed by atoms with E-state index in [1.54, 1.807) is 10.9 Å². The summed E-state index contributed by atoms with van der Waals surface area (Å²) in [4.78, 5) is 22.2. The van der Waals surface area contributed by atoms with E-state index in [2.05, 4.69) is 20.6 Å². The number of amides is 1. The van der Waals surface area contributed by atoms with Crippen LogP contribution in [-0.4, -0.2) is 30.8 Å². The van der Waals surface area contributed by atoms with Gasteiger partial charge in [-0.25, -0.2) is 0 Å². The van der Waals surface area contributed by atoms with E-state index in [9.17, 15) is 14.9 Å². The SMILES string of the molecule is Cc1ccc(Cn2cc(NC(=O)c3[nH]ncc3[N+](=O)[O-])cn2)cc1. The minimum atomic E-state index is -0.667. The van der Waals surface area contributed by atoms with Crippen LogP contribution in [0.2, 0.25) is 0 Å². The molecule has 9 heteroatoms. The summed E-state index contributed by atoms with van der Waals surface area (Å²) in [6.07, 6.45) is 4.13. The third kappa shape index (κ3) is 3.29. The highest BCUT2D eigenvalue weighted by Crippen LogP contribution is 2.16. The highest BCUT2D eigenvalue weighted by molar-refractivity contribution is 6.05. The number of H-pyrrole nitrogens is 1. The van der Waals surface area contributed by atoms with Crippen LogP contribution in [0.4, 0.5) is 11.4 Å². The summed E-state index contributed by atoms with van der Waals surface area (Å²) >= 11 is 0. The quantitative estimate of drug-likeness (QED) is 0.550. The van der Waals surface area contributed by atoms with Crippen LogP contribution in [0.15, 0.2) is 42.9 Å². The smallest absolute Gasteiger partial charge is 0.318 e. The number of aromatic nitrogens is 4. The molecule has 24 heavy (non-hydrogen) atoms. The molecule has 0 aliphatic heterocycles. The van der Waals surface area contributed by atoms with Gasteiger partial charge in [-0.15, -0.1) is 0 Å². The van der Waals surface area contributed by atoms with Gasteiger partial charge in [0.25, 0.3) is 5.91 Å². The Balaban J connectivity index is 1.69. The molecule has 2 aromatic heterocycles. The van der Waals surface area contributed by atoms with E-state index in [1.165, 1.54) is 11.8 Å². The Morgan fingerprint density at radius 3 is 2.79 bits per heavy atom. The van der Waals surface area contributed by atoms with Gasteiger partial charge in [0.05, 0.1) is 23.4 Å². The molecule has 2 heterocycles. The van der Waals surface area contributed by atoms with Gasteiger partial charge in [-0.2, -0.15) is 10.2 Å². The fourth-order valence-corrected chi connectivity index (χ4v) is 2.17. The van der Waals surface area contributed by atoms with Gasteiger partial charge >= 0.3 is 5.69 Å². The van der Waals surface area contributed by atoms with E-state index in [-0.39, 0.29) is 11.4 Å². The summed E-state index contributed by atoms with van der Waals surface area (Å²) in [5, 5.41) is 23.4. The fourth-order valence-electron chi connectivity index (χ4n) is 2.17. The monoisotopic (exact) mass is 326 g/mol. The number of rotatable bonds is 5. The number of hydrogen-bond donors (Lipinski definition) is 2. The molecule has 122 valence electrons. The summed E-state index contributed by atoms with van der Waals surface area (Å²) in [6, 6.07) is 8.03. The number of nitrogens with zero attached hydrogens (tertiary/aromatic N) is 4. The fraction of sp³-hybridized carbons (Fsp3) is 0.133. The van der Waals surface area contributed by atoms with Crippen LogP contribution in [0.25, 0.3) is 0 Å². The molecule has 0 saturated carbocycles. The van der Waals surface area contributed by atoms with Crippen molar-refractivity contribution < 1.29 is 9.72 Å². The van der Waals surface area contributed by atoms with Crippen molar-refractivity contribution >= 4 is 17.3 Å². The number of aryl methyl sites for hydroxylation is 1. The molecule has 1 amide bonds. The largest absolute Gasteiger partial charge is 0.319 e. The van der Waals surface area contributed by atoms with Crippen LogP contribution in [0.1, 0.15) is 21.6 Å². The van der Waals surface area contributed by atoms with E-state index in [0.29, 0.717) is 12.2 Å². The number of nitrogens with one attached hydrogen (secondary N) is 2. The maximum atomic E-state index is 12.1. The first-order valence-electron chi connectivity index (χ1n) is 7.10. The van der Waals surface area contributed by atoms with Crippen LogP contribution in [0, 0.1) is 17.0 Å². The molecule has 0 aliphatic rings. The molecule has 0 bridgehead atoms. The molecule has 0 aliphatic carbocycles. The third-order valence-electron chi connectivity index (χ3n) is 3.40. The standard InChI is InChI=1S/C15H14N6O3/c1-10-2-4-11(5-3-10)8-20-9-12(6-17-20)18-15(22)14-13(21(23)24)7-16-19-14/h2-7,9H,8H2,1H3,(H,16,19)(H,18,22). The van der Waals surface area contributed by atoms with Gasteiger partial charge in [0.1, 0.15) is 6.20 Å². The van der Waals surface area contributed by atoms with Crippen LogP contribution >= 0.6 is 0 Å². The van der Waals surface area contributed by atoms with Crippen LogP contribution in [-0.2, 0) is 6.54 Å². The minimum absolute atomic E-state index is 0.203. The lowest BCUT2D eigenvalue weighted by Crippen LogP contribution is -2.13. The molecule has 9 nitrogen and oxygen atoms in total. The van der Waals surface area contributed by atoms with Gasteiger partial charge in [0.2, 0.25) is 5.69 Å². The zero-order valence-corrected chi connectivity index (χ0v) is 12.8. The number of carbonyl (C=O) groups is 1. The zero-order valence-electron chi connectivity index (χ0n) is 12.8. The Labute approximate surface area is 136 Å². The second kappa shape index (κ2) is 6.32. The van der Waals surface area contributed by atoms with E-state index in [1.807, 2.05) is 31.2 Å². The average Bonchev–Trinajstić information content (AvgIpc) is 3.19. The molecule has 1 aromatic carbocycles. The number of carbonyl (C=O) groups excluding carboxylic acids is 1. The predicted molar refractivity (Wildman–Crippen MR) is 85.7 cm³/mol. The van der Waals surface area contributed by atoms with Crippen molar-refractivity contribution in [2.75, 3.05) is 5.32 Å². The summed E-state index contributed by atoms with van der Waals surface area (Å²) < 4.78 is 1.67. The lowest BCUT2D eigenvalue weighted by atomic mass is 10.1. The molecule has 0 fully saturated rings. The Kier molecular flexibility index (Phi) is 4.06. The number of hydrogen-bond acceptors (Lipinski definition) is 5. The molecular formula is C15H14N6O3. The summed E-state index contributed by atoms with van der Waals surface area (Å²) in [5.41, 5.74) is 2.11. The first-order chi connectivity index (χ1) is 11.5. The maximum absolute atomic E-state index is 12.1. The van der Waals surface area contributed by atoms with Crippen molar-refractivity contribution in [1.82, 2.24) is 20.0 Å². The number of anilines is 1. The lowest BCUT2D eigenvalue weighted by molar-refractivity contribution is -0.385. The molecule has 0 unspecified atom stereocenters. The van der Waals surface area contributed by atoms with E-state index in [4.69, 9.17) is 0 Å². The molecule has 0 saturated heterocycles. The van der Waals surface area contributed by atoms with Crippen molar-refractivity contribution in [1.29, 1.82) is 0 Å². The molecule has 0 radical (unpaired) electrons. The van der Waals surface area contributed by atoms with Gasteiger partial charge in [-0.3, -0.25) is 24.7 Å². The second-order valence-corrected chi connectivity index (χ2v) is 5.25.